The maximum Gasteiger partial charge on any atom is 0.244 e. The molecular formula is C19H22ClFN2O3S. The summed E-state index contributed by atoms with van der Waals surface area (Å²) in [6, 6.07) is 10.6. The molecule has 146 valence electrons. The molecule has 0 saturated heterocycles. The van der Waals surface area contributed by atoms with E-state index in [1.54, 1.807) is 45.0 Å². The van der Waals surface area contributed by atoms with Crippen LogP contribution in [0.2, 0.25) is 5.02 Å². The van der Waals surface area contributed by atoms with Gasteiger partial charge in [0, 0.05) is 5.02 Å². The number of nitrogens with one attached hydrogen (secondary N) is 2. The molecule has 2 N–H and O–H groups in total. The van der Waals surface area contributed by atoms with Crippen LogP contribution in [0.4, 0.5) is 4.39 Å². The molecule has 2 unspecified atom stereocenters. The normalized spacial score (nSPS) is 14.0. The SMILES string of the molecule is CC(NC(=O)C(NS(=O)(=O)c1ccccc1F)C(C)C)c1ccccc1Cl. The first kappa shape index (κ1) is 21.3. The molecule has 0 saturated carbocycles. The molecule has 0 radical (unpaired) electrons. The Bertz CT molecular complexity index is 919. The third kappa shape index (κ3) is 5.28. The van der Waals surface area contributed by atoms with Gasteiger partial charge < -0.3 is 5.32 Å². The summed E-state index contributed by atoms with van der Waals surface area (Å²) >= 11 is 6.14. The van der Waals surface area contributed by atoms with Crippen molar-refractivity contribution in [2.24, 2.45) is 5.92 Å². The predicted molar refractivity (Wildman–Crippen MR) is 103 cm³/mol. The summed E-state index contributed by atoms with van der Waals surface area (Å²) in [5.74, 6) is -1.75. The number of sulfonamides is 1. The first-order chi connectivity index (χ1) is 12.6. The second-order valence-corrected chi connectivity index (χ2v) is 8.61. The molecule has 27 heavy (non-hydrogen) atoms. The molecule has 0 spiro atoms. The van der Waals surface area contributed by atoms with Gasteiger partial charge >= 0.3 is 0 Å². The van der Waals surface area contributed by atoms with Crippen LogP contribution >= 0.6 is 11.6 Å². The van der Waals surface area contributed by atoms with Gasteiger partial charge in [-0.1, -0.05) is 55.8 Å². The maximum absolute atomic E-state index is 13.9. The topological polar surface area (TPSA) is 75.3 Å². The van der Waals surface area contributed by atoms with E-state index in [1.807, 2.05) is 0 Å². The highest BCUT2D eigenvalue weighted by Crippen LogP contribution is 2.23. The molecule has 0 aliphatic rings. The van der Waals surface area contributed by atoms with Gasteiger partial charge in [0.1, 0.15) is 16.8 Å². The van der Waals surface area contributed by atoms with Crippen LogP contribution in [0, 0.1) is 11.7 Å². The Morgan fingerprint density at radius 2 is 1.63 bits per heavy atom. The smallest absolute Gasteiger partial charge is 0.244 e. The van der Waals surface area contributed by atoms with Crippen LogP contribution in [0.25, 0.3) is 0 Å². The standard InChI is InChI=1S/C19H22ClFN2O3S/c1-12(2)18(23-27(25,26)17-11-7-6-10-16(17)21)19(24)22-13(3)14-8-4-5-9-15(14)20/h4-13,18,23H,1-3H3,(H,22,24). The first-order valence-electron chi connectivity index (χ1n) is 8.45. The van der Waals surface area contributed by atoms with Crippen LogP contribution in [0.5, 0.6) is 0 Å². The Balaban J connectivity index is 2.21. The maximum atomic E-state index is 13.9. The first-order valence-corrected chi connectivity index (χ1v) is 10.3. The van der Waals surface area contributed by atoms with Gasteiger partial charge in [-0.15, -0.1) is 0 Å². The number of halogens is 2. The van der Waals surface area contributed by atoms with E-state index in [0.29, 0.717) is 10.6 Å². The molecule has 2 aromatic carbocycles. The number of rotatable bonds is 7. The van der Waals surface area contributed by atoms with Crippen LogP contribution in [-0.2, 0) is 14.8 Å². The summed E-state index contributed by atoms with van der Waals surface area (Å²) in [5.41, 5.74) is 0.715. The van der Waals surface area contributed by atoms with Crippen molar-refractivity contribution in [2.45, 2.75) is 37.8 Å². The molecule has 8 heteroatoms. The fourth-order valence-corrected chi connectivity index (χ4v) is 4.32. The third-order valence-electron chi connectivity index (χ3n) is 4.09. The van der Waals surface area contributed by atoms with Gasteiger partial charge in [0.05, 0.1) is 6.04 Å². The average molecular weight is 413 g/mol. The average Bonchev–Trinajstić information content (AvgIpc) is 2.60. The summed E-state index contributed by atoms with van der Waals surface area (Å²) < 4.78 is 41.2. The second-order valence-electron chi connectivity index (χ2n) is 6.53. The van der Waals surface area contributed by atoms with E-state index >= 15 is 0 Å². The van der Waals surface area contributed by atoms with Crippen LogP contribution in [0.15, 0.2) is 53.4 Å². The fraction of sp³-hybridized carbons (Fsp3) is 0.316. The zero-order valence-electron chi connectivity index (χ0n) is 15.2. The Labute approximate surface area is 164 Å². The van der Waals surface area contributed by atoms with E-state index in [9.17, 15) is 17.6 Å². The van der Waals surface area contributed by atoms with Crippen LogP contribution in [0.1, 0.15) is 32.4 Å². The van der Waals surface area contributed by atoms with Gasteiger partial charge in [-0.3, -0.25) is 4.79 Å². The van der Waals surface area contributed by atoms with Gasteiger partial charge in [-0.25, -0.2) is 12.8 Å². The molecule has 0 aliphatic heterocycles. The third-order valence-corrected chi connectivity index (χ3v) is 5.91. The quantitative estimate of drug-likeness (QED) is 0.728. The van der Waals surface area contributed by atoms with E-state index in [0.717, 1.165) is 12.1 Å². The summed E-state index contributed by atoms with van der Waals surface area (Å²) in [7, 11) is -4.20. The Kier molecular flexibility index (Phi) is 6.97. The highest BCUT2D eigenvalue weighted by atomic mass is 35.5. The summed E-state index contributed by atoms with van der Waals surface area (Å²) in [6.45, 7) is 5.16. The molecule has 0 fully saturated rings. The van der Waals surface area contributed by atoms with E-state index in [-0.39, 0.29) is 5.92 Å². The summed E-state index contributed by atoms with van der Waals surface area (Å²) in [5, 5.41) is 3.26. The molecule has 5 nitrogen and oxygen atoms in total. The summed E-state index contributed by atoms with van der Waals surface area (Å²) in [6.07, 6.45) is 0. The number of carbonyl (C=O) groups is 1. The van der Waals surface area contributed by atoms with Crippen molar-refractivity contribution in [1.82, 2.24) is 10.0 Å². The van der Waals surface area contributed by atoms with Gasteiger partial charge in [-0.2, -0.15) is 4.72 Å². The Hall–Kier alpha value is -1.96. The highest BCUT2D eigenvalue weighted by Gasteiger charge is 2.30. The molecule has 2 aromatic rings. The van der Waals surface area contributed by atoms with Crippen LogP contribution in [0.3, 0.4) is 0 Å². The predicted octanol–water partition coefficient (Wildman–Crippen LogP) is 3.66. The minimum Gasteiger partial charge on any atom is -0.348 e. The lowest BCUT2D eigenvalue weighted by Crippen LogP contribution is -2.50. The highest BCUT2D eigenvalue weighted by molar-refractivity contribution is 7.89. The fourth-order valence-electron chi connectivity index (χ4n) is 2.59. The second kappa shape index (κ2) is 8.82. The van der Waals surface area contributed by atoms with E-state index in [1.165, 1.54) is 12.1 Å². The van der Waals surface area contributed by atoms with Crippen molar-refractivity contribution in [3.8, 4) is 0 Å². The van der Waals surface area contributed by atoms with Crippen LogP contribution in [-0.4, -0.2) is 20.4 Å². The largest absolute Gasteiger partial charge is 0.348 e. The molecule has 2 atom stereocenters. The monoisotopic (exact) mass is 412 g/mol. The van der Waals surface area contributed by atoms with Gasteiger partial charge in [0.2, 0.25) is 15.9 Å². The lowest BCUT2D eigenvalue weighted by Gasteiger charge is -2.24. The van der Waals surface area contributed by atoms with Crippen LogP contribution < -0.4 is 10.0 Å². The molecule has 2 rings (SSSR count). The molecule has 0 bridgehead atoms. The zero-order valence-corrected chi connectivity index (χ0v) is 16.8. The van der Waals surface area contributed by atoms with Crippen molar-refractivity contribution in [3.05, 3.63) is 64.9 Å². The lowest BCUT2D eigenvalue weighted by atomic mass is 10.0. The molecule has 0 aromatic heterocycles. The number of carbonyl (C=O) groups excluding carboxylic acids is 1. The van der Waals surface area contributed by atoms with Gasteiger partial charge in [-0.05, 0) is 36.6 Å². The van der Waals surface area contributed by atoms with Crippen molar-refractivity contribution in [3.63, 3.8) is 0 Å². The molecular weight excluding hydrogens is 391 g/mol. The Morgan fingerprint density at radius 1 is 1.04 bits per heavy atom. The molecule has 1 amide bonds. The molecule has 0 aliphatic carbocycles. The van der Waals surface area contributed by atoms with Crippen molar-refractivity contribution < 1.29 is 17.6 Å². The van der Waals surface area contributed by atoms with Gasteiger partial charge in [0.15, 0.2) is 0 Å². The van der Waals surface area contributed by atoms with Crippen molar-refractivity contribution in [1.29, 1.82) is 0 Å². The minimum absolute atomic E-state index is 0.356. The van der Waals surface area contributed by atoms with Crippen molar-refractivity contribution >= 4 is 27.5 Å². The minimum atomic E-state index is -4.20. The van der Waals surface area contributed by atoms with Crippen molar-refractivity contribution in [2.75, 3.05) is 0 Å². The number of benzene rings is 2. The number of amides is 1. The number of hydrogen-bond acceptors (Lipinski definition) is 3. The molecule has 0 heterocycles. The van der Waals surface area contributed by atoms with E-state index in [2.05, 4.69) is 10.0 Å². The Morgan fingerprint density at radius 3 is 2.22 bits per heavy atom. The van der Waals surface area contributed by atoms with E-state index < -0.39 is 38.7 Å². The lowest BCUT2D eigenvalue weighted by molar-refractivity contribution is -0.124. The zero-order chi connectivity index (χ0) is 20.2. The van der Waals surface area contributed by atoms with E-state index in [4.69, 9.17) is 11.6 Å². The summed E-state index contributed by atoms with van der Waals surface area (Å²) in [4.78, 5) is 12.2. The number of hydrogen-bond donors (Lipinski definition) is 2. The van der Waals surface area contributed by atoms with Gasteiger partial charge in [0.25, 0.3) is 0 Å².